The zero-order valence-electron chi connectivity index (χ0n) is 10.4. The Morgan fingerprint density at radius 2 is 2.29 bits per heavy atom. The summed E-state index contributed by atoms with van der Waals surface area (Å²) in [4.78, 5) is 0. The maximum atomic E-state index is 9.95. The van der Waals surface area contributed by atoms with Crippen molar-refractivity contribution in [2.24, 2.45) is 7.05 Å². The number of aryl methyl sites for hydroxylation is 2. The van der Waals surface area contributed by atoms with Gasteiger partial charge in [0.05, 0.1) is 22.5 Å². The van der Waals surface area contributed by atoms with Crippen molar-refractivity contribution >= 4 is 11.6 Å². The summed E-state index contributed by atoms with van der Waals surface area (Å²) in [5.41, 5.74) is 1.83. The zero-order chi connectivity index (χ0) is 12.4. The first kappa shape index (κ1) is 12.9. The second-order valence-electron chi connectivity index (χ2n) is 4.73. The molecule has 1 saturated carbocycles. The first-order valence-corrected chi connectivity index (χ1v) is 6.61. The van der Waals surface area contributed by atoms with Crippen LogP contribution < -0.4 is 5.32 Å². The van der Waals surface area contributed by atoms with Gasteiger partial charge in [0.1, 0.15) is 0 Å². The molecule has 0 aliphatic heterocycles. The molecule has 1 aromatic rings. The summed E-state index contributed by atoms with van der Waals surface area (Å²) >= 11 is 6.23. The smallest absolute Gasteiger partial charge is 0.0850 e. The van der Waals surface area contributed by atoms with Crippen molar-refractivity contribution < 1.29 is 5.11 Å². The van der Waals surface area contributed by atoms with Gasteiger partial charge in [-0.3, -0.25) is 4.68 Å². The van der Waals surface area contributed by atoms with Gasteiger partial charge in [-0.1, -0.05) is 18.5 Å². The van der Waals surface area contributed by atoms with Gasteiger partial charge in [0.2, 0.25) is 0 Å². The molecule has 1 fully saturated rings. The van der Waals surface area contributed by atoms with Gasteiger partial charge >= 0.3 is 0 Å². The van der Waals surface area contributed by atoms with Crippen molar-refractivity contribution in [2.75, 3.05) is 6.54 Å². The summed E-state index contributed by atoms with van der Waals surface area (Å²) in [7, 11) is 1.88. The Hall–Kier alpha value is -0.580. The van der Waals surface area contributed by atoms with Crippen LogP contribution in [-0.2, 0) is 19.9 Å². The van der Waals surface area contributed by atoms with E-state index in [1.807, 2.05) is 14.0 Å². The fraction of sp³-hybridized carbons (Fsp3) is 0.750. The SMILES string of the molecule is CCc1nn(C)c(CC(O)CNC2CC2)c1Cl. The Morgan fingerprint density at radius 3 is 2.82 bits per heavy atom. The van der Waals surface area contributed by atoms with Crippen molar-refractivity contribution in [1.82, 2.24) is 15.1 Å². The van der Waals surface area contributed by atoms with Crippen LogP contribution in [0.25, 0.3) is 0 Å². The van der Waals surface area contributed by atoms with Crippen molar-refractivity contribution in [3.8, 4) is 0 Å². The topological polar surface area (TPSA) is 50.1 Å². The van der Waals surface area contributed by atoms with Crippen molar-refractivity contribution in [1.29, 1.82) is 0 Å². The summed E-state index contributed by atoms with van der Waals surface area (Å²) in [6, 6.07) is 0.623. The summed E-state index contributed by atoms with van der Waals surface area (Å²) in [5.74, 6) is 0. The van der Waals surface area contributed by atoms with Crippen molar-refractivity contribution in [2.45, 2.75) is 44.8 Å². The molecule has 1 aliphatic rings. The van der Waals surface area contributed by atoms with Crippen LogP contribution in [0.1, 0.15) is 31.2 Å². The highest BCUT2D eigenvalue weighted by Gasteiger charge is 2.22. The Morgan fingerprint density at radius 1 is 1.59 bits per heavy atom. The van der Waals surface area contributed by atoms with Crippen LogP contribution in [-0.4, -0.2) is 33.6 Å². The minimum absolute atomic E-state index is 0.395. The van der Waals surface area contributed by atoms with E-state index in [1.54, 1.807) is 4.68 Å². The Balaban J connectivity index is 1.93. The van der Waals surface area contributed by atoms with Crippen LogP contribution in [0, 0.1) is 0 Å². The zero-order valence-corrected chi connectivity index (χ0v) is 11.2. The lowest BCUT2D eigenvalue weighted by atomic mass is 10.1. The summed E-state index contributed by atoms with van der Waals surface area (Å²) < 4.78 is 1.78. The Kier molecular flexibility index (Phi) is 4.07. The van der Waals surface area contributed by atoms with E-state index in [1.165, 1.54) is 12.8 Å². The number of nitrogens with one attached hydrogen (secondary N) is 1. The molecule has 0 amide bonds. The Bertz CT molecular complexity index is 387. The molecular formula is C12H20ClN3O. The van der Waals surface area contributed by atoms with E-state index in [9.17, 15) is 5.11 Å². The van der Waals surface area contributed by atoms with Gasteiger partial charge in [0.15, 0.2) is 0 Å². The number of aromatic nitrogens is 2. The molecule has 0 saturated heterocycles. The average Bonchev–Trinajstić information content (AvgIpc) is 3.09. The maximum Gasteiger partial charge on any atom is 0.0850 e. The van der Waals surface area contributed by atoms with Crippen LogP contribution in [0.4, 0.5) is 0 Å². The summed E-state index contributed by atoms with van der Waals surface area (Å²) in [6.45, 7) is 2.66. The molecular weight excluding hydrogens is 238 g/mol. The highest BCUT2D eigenvalue weighted by Crippen LogP contribution is 2.22. The summed E-state index contributed by atoms with van der Waals surface area (Å²) in [5, 5.41) is 18.3. The van der Waals surface area contributed by atoms with E-state index in [-0.39, 0.29) is 0 Å². The lowest BCUT2D eigenvalue weighted by Gasteiger charge is -2.11. The van der Waals surface area contributed by atoms with Crippen molar-refractivity contribution in [3.63, 3.8) is 0 Å². The molecule has 2 N–H and O–H groups in total. The van der Waals surface area contributed by atoms with E-state index >= 15 is 0 Å². The van der Waals surface area contributed by atoms with E-state index in [0.717, 1.165) is 17.8 Å². The number of aliphatic hydroxyl groups excluding tert-OH is 1. The molecule has 17 heavy (non-hydrogen) atoms. The van der Waals surface area contributed by atoms with E-state index < -0.39 is 6.10 Å². The molecule has 0 spiro atoms. The second kappa shape index (κ2) is 5.38. The predicted molar refractivity (Wildman–Crippen MR) is 68.3 cm³/mol. The fourth-order valence-electron chi connectivity index (χ4n) is 1.93. The molecule has 0 aromatic carbocycles. The van der Waals surface area contributed by atoms with Gasteiger partial charge in [0, 0.05) is 26.1 Å². The summed E-state index contributed by atoms with van der Waals surface area (Å²) in [6.07, 6.45) is 3.46. The first-order chi connectivity index (χ1) is 8.11. The van der Waals surface area contributed by atoms with Crippen LogP contribution in [0.5, 0.6) is 0 Å². The largest absolute Gasteiger partial charge is 0.391 e. The highest BCUT2D eigenvalue weighted by molar-refractivity contribution is 6.31. The van der Waals surface area contributed by atoms with Gasteiger partial charge in [-0.15, -0.1) is 0 Å². The number of hydrogen-bond acceptors (Lipinski definition) is 3. The highest BCUT2D eigenvalue weighted by atomic mass is 35.5. The van der Waals surface area contributed by atoms with Crippen LogP contribution >= 0.6 is 11.6 Å². The molecule has 1 heterocycles. The average molecular weight is 258 g/mol. The molecule has 2 rings (SSSR count). The molecule has 0 radical (unpaired) electrons. The number of hydrogen-bond donors (Lipinski definition) is 2. The van der Waals surface area contributed by atoms with Gasteiger partial charge in [-0.25, -0.2) is 0 Å². The van der Waals surface area contributed by atoms with Gasteiger partial charge < -0.3 is 10.4 Å². The third-order valence-electron chi connectivity index (χ3n) is 3.15. The fourth-order valence-corrected chi connectivity index (χ4v) is 2.30. The lowest BCUT2D eigenvalue weighted by molar-refractivity contribution is 0.169. The number of nitrogens with zero attached hydrogens (tertiary/aromatic N) is 2. The normalized spacial score (nSPS) is 17.4. The molecule has 4 nitrogen and oxygen atoms in total. The van der Waals surface area contributed by atoms with E-state index in [4.69, 9.17) is 11.6 Å². The third-order valence-corrected chi connectivity index (χ3v) is 3.59. The van der Waals surface area contributed by atoms with Crippen LogP contribution in [0.3, 0.4) is 0 Å². The van der Waals surface area contributed by atoms with Gasteiger partial charge in [-0.05, 0) is 19.3 Å². The first-order valence-electron chi connectivity index (χ1n) is 6.23. The quantitative estimate of drug-likeness (QED) is 0.808. The molecule has 0 bridgehead atoms. The molecule has 96 valence electrons. The standard InChI is InChI=1S/C12H20ClN3O/c1-3-10-12(13)11(16(2)15-10)6-9(17)7-14-8-4-5-8/h8-9,14,17H,3-7H2,1-2H3. The van der Waals surface area contributed by atoms with E-state index in [2.05, 4.69) is 10.4 Å². The minimum Gasteiger partial charge on any atom is -0.391 e. The van der Waals surface area contributed by atoms with Crippen LogP contribution in [0.2, 0.25) is 5.02 Å². The van der Waals surface area contributed by atoms with Crippen LogP contribution in [0.15, 0.2) is 0 Å². The Labute approximate surface area is 107 Å². The molecule has 1 aromatic heterocycles. The molecule has 1 aliphatic carbocycles. The number of halogens is 1. The van der Waals surface area contributed by atoms with E-state index in [0.29, 0.717) is 24.0 Å². The lowest BCUT2D eigenvalue weighted by Crippen LogP contribution is -2.30. The number of aliphatic hydroxyl groups is 1. The minimum atomic E-state index is -0.395. The second-order valence-corrected chi connectivity index (χ2v) is 5.10. The number of rotatable bonds is 6. The maximum absolute atomic E-state index is 9.95. The van der Waals surface area contributed by atoms with Gasteiger partial charge in [-0.2, -0.15) is 5.10 Å². The predicted octanol–water partition coefficient (Wildman–Crippen LogP) is 1.29. The third kappa shape index (κ3) is 3.21. The molecule has 1 atom stereocenters. The monoisotopic (exact) mass is 257 g/mol. The van der Waals surface area contributed by atoms with Crippen molar-refractivity contribution in [3.05, 3.63) is 16.4 Å². The molecule has 5 heteroatoms. The molecule has 1 unspecified atom stereocenters. The van der Waals surface area contributed by atoms with Gasteiger partial charge in [0.25, 0.3) is 0 Å².